The summed E-state index contributed by atoms with van der Waals surface area (Å²) in [6, 6.07) is 8.94. The Labute approximate surface area is 102 Å². The number of rotatable bonds is 3. The van der Waals surface area contributed by atoms with Gasteiger partial charge in [0.25, 0.3) is 0 Å². The van der Waals surface area contributed by atoms with Crippen LogP contribution in [0.15, 0.2) is 42.5 Å². The maximum absolute atomic E-state index is 13.4. The number of para-hydroxylation sites is 1. The van der Waals surface area contributed by atoms with E-state index in [9.17, 15) is 13.6 Å². The molecule has 0 atom stereocenters. The Bertz CT molecular complexity index is 599. The number of nitrogens with one attached hydrogen (secondary N) is 1. The first kappa shape index (κ1) is 12.0. The normalized spacial score (nSPS) is 10.1. The van der Waals surface area contributed by atoms with Crippen molar-refractivity contribution in [1.29, 1.82) is 0 Å². The predicted octanol–water partition coefficient (Wildman–Crippen LogP) is 3.41. The maximum atomic E-state index is 13.4. The molecule has 2 aromatic carbocycles. The molecule has 0 radical (unpaired) electrons. The molecule has 0 amide bonds. The Morgan fingerprint density at radius 2 is 1.78 bits per heavy atom. The largest absolute Gasteiger partial charge is 0.478 e. The van der Waals surface area contributed by atoms with Crippen LogP contribution in [-0.4, -0.2) is 11.1 Å². The van der Waals surface area contributed by atoms with Gasteiger partial charge >= 0.3 is 5.97 Å². The smallest absolute Gasteiger partial charge is 0.337 e. The van der Waals surface area contributed by atoms with E-state index in [1.165, 1.54) is 12.1 Å². The number of carboxylic acid groups (broad SMARTS) is 1. The minimum atomic E-state index is -1.14. The van der Waals surface area contributed by atoms with Crippen molar-refractivity contribution in [3.05, 3.63) is 59.7 Å². The van der Waals surface area contributed by atoms with Crippen LogP contribution in [0.1, 0.15) is 10.4 Å². The lowest BCUT2D eigenvalue weighted by Gasteiger charge is -2.10. The third kappa shape index (κ3) is 2.45. The number of carboxylic acids is 1. The topological polar surface area (TPSA) is 49.3 Å². The van der Waals surface area contributed by atoms with Gasteiger partial charge in [-0.3, -0.25) is 0 Å². The van der Waals surface area contributed by atoms with Gasteiger partial charge in [-0.15, -0.1) is 0 Å². The molecule has 0 aromatic heterocycles. The van der Waals surface area contributed by atoms with Gasteiger partial charge in [0.1, 0.15) is 11.6 Å². The van der Waals surface area contributed by atoms with E-state index in [0.717, 1.165) is 18.2 Å². The Hall–Kier alpha value is -2.43. The van der Waals surface area contributed by atoms with Gasteiger partial charge in [-0.1, -0.05) is 12.1 Å². The number of hydrogen-bond donors (Lipinski definition) is 2. The van der Waals surface area contributed by atoms with Gasteiger partial charge in [-0.2, -0.15) is 0 Å². The van der Waals surface area contributed by atoms with Gasteiger partial charge in [-0.05, 0) is 24.3 Å². The molecule has 0 fully saturated rings. The molecule has 0 unspecified atom stereocenters. The van der Waals surface area contributed by atoms with Crippen LogP contribution in [0.25, 0.3) is 0 Å². The van der Waals surface area contributed by atoms with Crippen LogP contribution in [-0.2, 0) is 0 Å². The van der Waals surface area contributed by atoms with E-state index in [0.29, 0.717) is 0 Å². The average molecular weight is 249 g/mol. The summed E-state index contributed by atoms with van der Waals surface area (Å²) in [7, 11) is 0. The van der Waals surface area contributed by atoms with Gasteiger partial charge in [-0.25, -0.2) is 13.6 Å². The molecule has 2 N–H and O–H groups in total. The van der Waals surface area contributed by atoms with Crippen LogP contribution in [0.4, 0.5) is 20.2 Å². The van der Waals surface area contributed by atoms with Crippen molar-refractivity contribution in [3.63, 3.8) is 0 Å². The molecular weight excluding hydrogens is 240 g/mol. The lowest BCUT2D eigenvalue weighted by atomic mass is 10.1. The molecule has 92 valence electrons. The van der Waals surface area contributed by atoms with Crippen molar-refractivity contribution >= 4 is 17.3 Å². The molecule has 0 aliphatic carbocycles. The van der Waals surface area contributed by atoms with Crippen LogP contribution in [0.5, 0.6) is 0 Å². The third-order valence-electron chi connectivity index (χ3n) is 2.36. The Morgan fingerprint density at radius 1 is 1.06 bits per heavy atom. The lowest BCUT2D eigenvalue weighted by Crippen LogP contribution is -2.03. The fourth-order valence-electron chi connectivity index (χ4n) is 1.52. The Kier molecular flexibility index (Phi) is 3.23. The first-order valence-corrected chi connectivity index (χ1v) is 5.12. The minimum absolute atomic E-state index is 0.0128. The first-order chi connectivity index (χ1) is 8.58. The van der Waals surface area contributed by atoms with Crippen LogP contribution in [0.2, 0.25) is 0 Å². The summed E-state index contributed by atoms with van der Waals surface area (Å²) in [4.78, 5) is 11.0. The first-order valence-electron chi connectivity index (χ1n) is 5.12. The van der Waals surface area contributed by atoms with Crippen molar-refractivity contribution in [3.8, 4) is 0 Å². The molecule has 18 heavy (non-hydrogen) atoms. The van der Waals surface area contributed by atoms with Crippen LogP contribution in [0, 0.1) is 11.6 Å². The van der Waals surface area contributed by atoms with Crippen molar-refractivity contribution in [1.82, 2.24) is 0 Å². The molecule has 5 heteroatoms. The zero-order valence-electron chi connectivity index (χ0n) is 9.15. The molecule has 0 aliphatic heterocycles. The van der Waals surface area contributed by atoms with E-state index in [4.69, 9.17) is 5.11 Å². The van der Waals surface area contributed by atoms with E-state index in [-0.39, 0.29) is 16.9 Å². The molecule has 0 saturated heterocycles. The molecule has 0 spiro atoms. The molecule has 0 heterocycles. The van der Waals surface area contributed by atoms with Crippen LogP contribution < -0.4 is 5.32 Å². The maximum Gasteiger partial charge on any atom is 0.337 e. The number of anilines is 2. The highest BCUT2D eigenvalue weighted by molar-refractivity contribution is 5.95. The van der Waals surface area contributed by atoms with Crippen LogP contribution >= 0.6 is 0 Å². The molecule has 3 nitrogen and oxygen atoms in total. The van der Waals surface area contributed by atoms with Gasteiger partial charge in [0.05, 0.1) is 16.9 Å². The Balaban J connectivity index is 2.40. The molecule has 2 aromatic rings. The number of hydrogen-bond acceptors (Lipinski definition) is 2. The molecular formula is C13H9F2NO2. The van der Waals surface area contributed by atoms with Crippen molar-refractivity contribution in [2.24, 2.45) is 0 Å². The zero-order chi connectivity index (χ0) is 13.1. The SMILES string of the molecule is O=C(O)c1ccccc1Nc1cc(F)ccc1F. The predicted molar refractivity (Wildman–Crippen MR) is 63.0 cm³/mol. The van der Waals surface area contributed by atoms with Gasteiger partial charge in [0.2, 0.25) is 0 Å². The summed E-state index contributed by atoms with van der Waals surface area (Å²) < 4.78 is 26.4. The van der Waals surface area contributed by atoms with Crippen molar-refractivity contribution < 1.29 is 18.7 Å². The fourth-order valence-corrected chi connectivity index (χ4v) is 1.52. The quantitative estimate of drug-likeness (QED) is 0.876. The van der Waals surface area contributed by atoms with Crippen molar-refractivity contribution in [2.45, 2.75) is 0 Å². The third-order valence-corrected chi connectivity index (χ3v) is 2.36. The number of carbonyl (C=O) groups is 1. The van der Waals surface area contributed by atoms with Gasteiger partial charge in [0.15, 0.2) is 0 Å². The highest BCUT2D eigenvalue weighted by Gasteiger charge is 2.11. The molecule has 0 saturated carbocycles. The summed E-state index contributed by atoms with van der Waals surface area (Å²) in [6.45, 7) is 0. The monoisotopic (exact) mass is 249 g/mol. The highest BCUT2D eigenvalue weighted by Crippen LogP contribution is 2.23. The van der Waals surface area contributed by atoms with E-state index in [1.807, 2.05) is 0 Å². The van der Waals surface area contributed by atoms with E-state index in [1.54, 1.807) is 12.1 Å². The van der Waals surface area contributed by atoms with Gasteiger partial charge < -0.3 is 10.4 Å². The second kappa shape index (κ2) is 4.83. The second-order valence-corrected chi connectivity index (χ2v) is 3.60. The molecule has 0 bridgehead atoms. The van der Waals surface area contributed by atoms with E-state index >= 15 is 0 Å². The standard InChI is InChI=1S/C13H9F2NO2/c14-8-5-6-10(15)12(7-8)16-11-4-2-1-3-9(11)13(17)18/h1-7,16H,(H,17,18). The number of aromatic carboxylic acids is 1. The number of halogens is 2. The van der Waals surface area contributed by atoms with Crippen LogP contribution in [0.3, 0.4) is 0 Å². The second-order valence-electron chi connectivity index (χ2n) is 3.60. The Morgan fingerprint density at radius 3 is 2.50 bits per heavy atom. The summed E-state index contributed by atoms with van der Waals surface area (Å²) >= 11 is 0. The lowest BCUT2D eigenvalue weighted by molar-refractivity contribution is 0.0698. The van der Waals surface area contributed by atoms with E-state index in [2.05, 4.69) is 5.32 Å². The fraction of sp³-hybridized carbons (Fsp3) is 0. The van der Waals surface area contributed by atoms with Gasteiger partial charge in [0, 0.05) is 6.07 Å². The summed E-state index contributed by atoms with van der Waals surface area (Å²) in [5, 5.41) is 11.5. The van der Waals surface area contributed by atoms with Crippen molar-refractivity contribution in [2.75, 3.05) is 5.32 Å². The number of benzene rings is 2. The summed E-state index contributed by atoms with van der Waals surface area (Å²) in [6.07, 6.45) is 0. The highest BCUT2D eigenvalue weighted by atomic mass is 19.1. The summed E-state index contributed by atoms with van der Waals surface area (Å²) in [5.41, 5.74) is 0.0827. The van der Waals surface area contributed by atoms with E-state index < -0.39 is 17.6 Å². The summed E-state index contributed by atoms with van der Waals surface area (Å²) in [5.74, 6) is -2.40. The zero-order valence-corrected chi connectivity index (χ0v) is 9.15. The average Bonchev–Trinajstić information content (AvgIpc) is 2.34. The molecule has 2 rings (SSSR count). The molecule has 0 aliphatic rings. The minimum Gasteiger partial charge on any atom is -0.478 e.